The quantitative estimate of drug-likeness (QED) is 0.605. The van der Waals surface area contributed by atoms with Crippen molar-refractivity contribution < 1.29 is 22.7 Å². The number of pyridine rings is 1. The number of ether oxygens (including phenoxy) is 1. The van der Waals surface area contributed by atoms with E-state index in [0.29, 0.717) is 0 Å². The second-order valence-electron chi connectivity index (χ2n) is 6.91. The number of carbonyl (C=O) groups is 1. The lowest BCUT2D eigenvalue weighted by Crippen LogP contribution is -2.26. The largest absolute Gasteiger partial charge is 0.449 e. The first-order valence-corrected chi connectivity index (χ1v) is 9.54. The van der Waals surface area contributed by atoms with Crippen molar-refractivity contribution in [3.8, 4) is 23.0 Å². The van der Waals surface area contributed by atoms with E-state index in [2.05, 4.69) is 22.1 Å². The molecule has 4 rings (SSSR count). The monoisotopic (exact) mass is 422 g/mol. The van der Waals surface area contributed by atoms with Gasteiger partial charge in [-0.3, -0.25) is 0 Å². The lowest BCUT2D eigenvalue weighted by molar-refractivity contribution is -0.137. The number of halogens is 3. The summed E-state index contributed by atoms with van der Waals surface area (Å²) in [5, 5.41) is 2.48. The number of nitrogens with one attached hydrogen (secondary N) is 1. The molecule has 3 aromatic rings. The SMILES string of the molecule is O=C(NCC#Cc1cc(C(F)(F)F)ccn1)OCC1c2ccccc2-c2ccccc21. The number of rotatable bonds is 3. The molecular weight excluding hydrogens is 405 g/mol. The van der Waals surface area contributed by atoms with Gasteiger partial charge in [-0.25, -0.2) is 9.78 Å². The molecule has 0 saturated heterocycles. The second kappa shape index (κ2) is 8.52. The predicted octanol–water partition coefficient (Wildman–Crippen LogP) is 4.99. The van der Waals surface area contributed by atoms with Crippen molar-refractivity contribution >= 4 is 6.09 Å². The number of benzene rings is 2. The van der Waals surface area contributed by atoms with Gasteiger partial charge in [0.2, 0.25) is 0 Å². The van der Waals surface area contributed by atoms with Gasteiger partial charge in [0, 0.05) is 12.1 Å². The van der Waals surface area contributed by atoms with Gasteiger partial charge in [0.25, 0.3) is 0 Å². The summed E-state index contributed by atoms with van der Waals surface area (Å²) in [5.74, 6) is 5.03. The highest BCUT2D eigenvalue weighted by atomic mass is 19.4. The summed E-state index contributed by atoms with van der Waals surface area (Å²) < 4.78 is 43.5. The molecule has 0 radical (unpaired) electrons. The first kappa shape index (κ1) is 20.5. The van der Waals surface area contributed by atoms with Gasteiger partial charge in [0.15, 0.2) is 0 Å². The number of carbonyl (C=O) groups excluding carboxylic acids is 1. The first-order valence-electron chi connectivity index (χ1n) is 9.54. The standard InChI is InChI=1S/C24H17F3N2O2/c25-24(26,27)16-11-13-28-17(14-16)6-5-12-29-23(30)31-15-22-20-9-3-1-7-18(20)19-8-2-4-10-21(19)22/h1-4,7-11,13-14,22H,12,15H2,(H,29,30). The van der Waals surface area contributed by atoms with Crippen LogP contribution in [-0.4, -0.2) is 24.2 Å². The average Bonchev–Trinajstić information content (AvgIpc) is 3.09. The van der Waals surface area contributed by atoms with Gasteiger partial charge in [-0.15, -0.1) is 0 Å². The van der Waals surface area contributed by atoms with Crippen molar-refractivity contribution in [2.45, 2.75) is 12.1 Å². The van der Waals surface area contributed by atoms with E-state index < -0.39 is 17.8 Å². The van der Waals surface area contributed by atoms with E-state index in [-0.39, 0.29) is 24.8 Å². The molecule has 0 spiro atoms. The van der Waals surface area contributed by atoms with Gasteiger partial charge < -0.3 is 10.1 Å². The molecule has 0 unspecified atom stereocenters. The zero-order chi connectivity index (χ0) is 21.8. The lowest BCUT2D eigenvalue weighted by Gasteiger charge is -2.14. The van der Waals surface area contributed by atoms with E-state index in [0.717, 1.165) is 40.6 Å². The van der Waals surface area contributed by atoms with E-state index >= 15 is 0 Å². The van der Waals surface area contributed by atoms with E-state index in [1.165, 1.54) is 0 Å². The minimum atomic E-state index is -4.46. The van der Waals surface area contributed by atoms with Crippen LogP contribution in [0, 0.1) is 11.8 Å². The Kier molecular flexibility index (Phi) is 5.63. The van der Waals surface area contributed by atoms with E-state index in [4.69, 9.17) is 4.74 Å². The number of aromatic nitrogens is 1. The van der Waals surface area contributed by atoms with Crippen LogP contribution in [0.3, 0.4) is 0 Å². The highest BCUT2D eigenvalue weighted by Gasteiger charge is 2.30. The Labute approximate surface area is 177 Å². The molecule has 0 fully saturated rings. The lowest BCUT2D eigenvalue weighted by atomic mass is 9.98. The summed E-state index contributed by atoms with van der Waals surface area (Å²) in [6.07, 6.45) is -4.06. The summed E-state index contributed by atoms with van der Waals surface area (Å²) in [4.78, 5) is 15.8. The maximum absolute atomic E-state index is 12.7. The van der Waals surface area contributed by atoms with E-state index in [1.54, 1.807) is 0 Å². The van der Waals surface area contributed by atoms with Crippen LogP contribution in [0.1, 0.15) is 28.3 Å². The number of hydrogen-bond donors (Lipinski definition) is 1. The summed E-state index contributed by atoms with van der Waals surface area (Å²) in [5.41, 5.74) is 3.62. The topological polar surface area (TPSA) is 51.2 Å². The van der Waals surface area contributed by atoms with Gasteiger partial charge in [-0.1, -0.05) is 54.5 Å². The van der Waals surface area contributed by atoms with Crippen molar-refractivity contribution in [3.63, 3.8) is 0 Å². The van der Waals surface area contributed by atoms with Crippen LogP contribution in [0.25, 0.3) is 11.1 Å². The highest BCUT2D eigenvalue weighted by Crippen LogP contribution is 2.44. The minimum Gasteiger partial charge on any atom is -0.449 e. The van der Waals surface area contributed by atoms with Crippen LogP contribution in [0.15, 0.2) is 66.9 Å². The van der Waals surface area contributed by atoms with Gasteiger partial charge in [-0.05, 0) is 40.3 Å². The fourth-order valence-electron chi connectivity index (χ4n) is 3.58. The van der Waals surface area contributed by atoms with Gasteiger partial charge in [0.1, 0.15) is 12.3 Å². The zero-order valence-electron chi connectivity index (χ0n) is 16.2. The maximum Gasteiger partial charge on any atom is 0.416 e. The molecule has 1 aliphatic carbocycles. The maximum atomic E-state index is 12.7. The van der Waals surface area contributed by atoms with E-state index in [9.17, 15) is 18.0 Å². The Morgan fingerprint density at radius 1 is 1.03 bits per heavy atom. The Hall–Kier alpha value is -3.79. The molecule has 7 heteroatoms. The molecule has 4 nitrogen and oxygen atoms in total. The Morgan fingerprint density at radius 2 is 1.68 bits per heavy atom. The number of amides is 1. The van der Waals surface area contributed by atoms with Crippen molar-refractivity contribution in [2.75, 3.05) is 13.2 Å². The molecule has 0 saturated carbocycles. The van der Waals surface area contributed by atoms with Crippen molar-refractivity contribution in [3.05, 3.63) is 89.2 Å². The van der Waals surface area contributed by atoms with Crippen molar-refractivity contribution in [1.29, 1.82) is 0 Å². The average molecular weight is 422 g/mol. The molecule has 1 aliphatic rings. The smallest absolute Gasteiger partial charge is 0.416 e. The molecule has 0 aliphatic heterocycles. The molecular formula is C24H17F3N2O2. The fraction of sp³-hybridized carbons (Fsp3) is 0.167. The van der Waals surface area contributed by atoms with Crippen molar-refractivity contribution in [2.24, 2.45) is 0 Å². The molecule has 156 valence electrons. The van der Waals surface area contributed by atoms with Gasteiger partial charge in [-0.2, -0.15) is 13.2 Å². The highest BCUT2D eigenvalue weighted by molar-refractivity contribution is 5.79. The molecule has 2 aromatic carbocycles. The summed E-state index contributed by atoms with van der Waals surface area (Å²) >= 11 is 0. The summed E-state index contributed by atoms with van der Waals surface area (Å²) in [7, 11) is 0. The Balaban J connectivity index is 1.34. The predicted molar refractivity (Wildman–Crippen MR) is 109 cm³/mol. The Bertz CT molecular complexity index is 1130. The number of hydrogen-bond acceptors (Lipinski definition) is 3. The molecule has 1 aromatic heterocycles. The van der Waals surface area contributed by atoms with E-state index in [1.807, 2.05) is 48.5 Å². The third-order valence-corrected chi connectivity index (χ3v) is 4.97. The van der Waals surface area contributed by atoms with Crippen molar-refractivity contribution in [1.82, 2.24) is 10.3 Å². The van der Waals surface area contributed by atoms with Crippen LogP contribution in [-0.2, 0) is 10.9 Å². The summed E-state index contributed by atoms with van der Waals surface area (Å²) in [6.45, 7) is 0.0943. The Morgan fingerprint density at radius 3 is 2.32 bits per heavy atom. The van der Waals surface area contributed by atoms with Crippen LogP contribution in [0.5, 0.6) is 0 Å². The zero-order valence-corrected chi connectivity index (χ0v) is 16.2. The summed E-state index contributed by atoms with van der Waals surface area (Å²) in [6, 6.07) is 17.7. The van der Waals surface area contributed by atoms with Crippen LogP contribution in [0.4, 0.5) is 18.0 Å². The molecule has 1 heterocycles. The van der Waals surface area contributed by atoms with Crippen LogP contribution >= 0.6 is 0 Å². The molecule has 0 atom stereocenters. The second-order valence-corrected chi connectivity index (χ2v) is 6.91. The number of alkyl halides is 3. The number of fused-ring (bicyclic) bond motifs is 3. The van der Waals surface area contributed by atoms with Crippen LogP contribution in [0.2, 0.25) is 0 Å². The van der Waals surface area contributed by atoms with Gasteiger partial charge >= 0.3 is 12.3 Å². The third kappa shape index (κ3) is 4.53. The third-order valence-electron chi connectivity index (χ3n) is 4.97. The first-order chi connectivity index (χ1) is 14.9. The molecule has 1 N–H and O–H groups in total. The van der Waals surface area contributed by atoms with Crippen LogP contribution < -0.4 is 5.32 Å². The van der Waals surface area contributed by atoms with Gasteiger partial charge in [0.05, 0.1) is 12.1 Å². The molecule has 0 bridgehead atoms. The fourth-order valence-corrected chi connectivity index (χ4v) is 3.58. The number of alkyl carbamates (subject to hydrolysis) is 1. The normalized spacial score (nSPS) is 12.4. The minimum absolute atomic E-state index is 0.0239. The molecule has 1 amide bonds. The number of nitrogens with zero attached hydrogens (tertiary/aromatic N) is 1. The molecule has 31 heavy (non-hydrogen) atoms.